The third-order valence-electron chi connectivity index (χ3n) is 8.11. The summed E-state index contributed by atoms with van der Waals surface area (Å²) in [6.45, 7) is 0. The fraction of sp³-hybridized carbons (Fsp3) is 0.0244. The molecule has 0 aliphatic rings. The van der Waals surface area contributed by atoms with Gasteiger partial charge in [0.05, 0.1) is 0 Å². The monoisotopic (exact) mass is 537 g/mol. The van der Waals surface area contributed by atoms with Crippen LogP contribution in [0.4, 0.5) is 11.4 Å². The molecular formula is C41H31N. The first-order valence-electron chi connectivity index (χ1n) is 14.4. The van der Waals surface area contributed by atoms with Gasteiger partial charge in [-0.05, 0) is 62.4 Å². The van der Waals surface area contributed by atoms with Gasteiger partial charge in [0.2, 0.25) is 0 Å². The van der Waals surface area contributed by atoms with Crippen LogP contribution in [-0.4, -0.2) is 7.05 Å². The second kappa shape index (κ2) is 11.2. The number of benzene rings is 7. The van der Waals surface area contributed by atoms with Gasteiger partial charge in [-0.15, -0.1) is 0 Å². The van der Waals surface area contributed by atoms with Crippen molar-refractivity contribution in [2.24, 2.45) is 0 Å². The molecule has 0 radical (unpaired) electrons. The molecule has 0 N–H and O–H groups in total. The van der Waals surface area contributed by atoms with Crippen LogP contribution in [0.2, 0.25) is 0 Å². The van der Waals surface area contributed by atoms with E-state index in [0.717, 1.165) is 0 Å². The van der Waals surface area contributed by atoms with Crippen molar-refractivity contribution in [3.63, 3.8) is 0 Å². The second-order valence-corrected chi connectivity index (χ2v) is 10.6. The van der Waals surface area contributed by atoms with E-state index in [1.807, 2.05) is 0 Å². The molecular weight excluding hydrogens is 506 g/mol. The van der Waals surface area contributed by atoms with Crippen LogP contribution in [0.5, 0.6) is 0 Å². The maximum absolute atomic E-state index is 2.36. The molecule has 7 aromatic rings. The highest BCUT2D eigenvalue weighted by atomic mass is 15.1. The smallest absolute Gasteiger partial charge is 0.0488 e. The molecule has 200 valence electrons. The molecule has 7 aromatic carbocycles. The Balaban J connectivity index is 1.38. The molecule has 0 saturated carbocycles. The van der Waals surface area contributed by atoms with Gasteiger partial charge in [-0.3, -0.25) is 0 Å². The molecule has 0 atom stereocenters. The molecule has 1 heteroatoms. The molecule has 0 aliphatic heterocycles. The van der Waals surface area contributed by atoms with E-state index in [1.165, 1.54) is 66.7 Å². The van der Waals surface area contributed by atoms with Crippen molar-refractivity contribution in [3.8, 4) is 44.5 Å². The van der Waals surface area contributed by atoms with Gasteiger partial charge in [-0.1, -0.05) is 152 Å². The zero-order valence-electron chi connectivity index (χ0n) is 23.6. The van der Waals surface area contributed by atoms with Gasteiger partial charge in [0.15, 0.2) is 0 Å². The van der Waals surface area contributed by atoms with Crippen molar-refractivity contribution in [1.82, 2.24) is 0 Å². The zero-order chi connectivity index (χ0) is 28.3. The minimum absolute atomic E-state index is 1.17. The molecule has 0 aromatic heterocycles. The average molecular weight is 538 g/mol. The number of para-hydroxylation sites is 1. The quantitative estimate of drug-likeness (QED) is 0.204. The number of anilines is 2. The lowest BCUT2D eigenvalue weighted by atomic mass is 9.92. The van der Waals surface area contributed by atoms with E-state index in [1.54, 1.807) is 0 Å². The first-order chi connectivity index (χ1) is 20.8. The van der Waals surface area contributed by atoms with Crippen LogP contribution < -0.4 is 4.90 Å². The molecule has 0 heterocycles. The average Bonchev–Trinajstić information content (AvgIpc) is 3.08. The summed E-state index contributed by atoms with van der Waals surface area (Å²) in [7, 11) is 2.18. The van der Waals surface area contributed by atoms with Crippen LogP contribution in [0.15, 0.2) is 170 Å². The Kier molecular flexibility index (Phi) is 6.84. The van der Waals surface area contributed by atoms with Gasteiger partial charge in [0.25, 0.3) is 0 Å². The van der Waals surface area contributed by atoms with Gasteiger partial charge in [0, 0.05) is 29.5 Å². The van der Waals surface area contributed by atoms with Gasteiger partial charge >= 0.3 is 0 Å². The number of nitrogens with zero attached hydrogens (tertiary/aromatic N) is 1. The Morgan fingerprint density at radius 2 is 0.833 bits per heavy atom. The Bertz CT molecular complexity index is 1970. The van der Waals surface area contributed by atoms with Crippen LogP contribution in [0.1, 0.15) is 0 Å². The number of fused-ring (bicyclic) bond motifs is 1. The van der Waals surface area contributed by atoms with Crippen molar-refractivity contribution in [1.29, 1.82) is 0 Å². The lowest BCUT2D eigenvalue weighted by molar-refractivity contribution is 1.21. The maximum atomic E-state index is 2.36. The van der Waals surface area contributed by atoms with E-state index < -0.39 is 0 Å². The van der Waals surface area contributed by atoms with Crippen LogP contribution in [0.3, 0.4) is 0 Å². The largest absolute Gasteiger partial charge is 0.344 e. The van der Waals surface area contributed by atoms with E-state index in [9.17, 15) is 0 Å². The Morgan fingerprint density at radius 3 is 1.60 bits per heavy atom. The van der Waals surface area contributed by atoms with Crippen molar-refractivity contribution in [2.75, 3.05) is 11.9 Å². The number of hydrogen-bond donors (Lipinski definition) is 0. The molecule has 0 unspecified atom stereocenters. The molecule has 7 rings (SSSR count). The van der Waals surface area contributed by atoms with Crippen LogP contribution in [0.25, 0.3) is 55.3 Å². The fourth-order valence-electron chi connectivity index (χ4n) is 5.93. The van der Waals surface area contributed by atoms with Crippen LogP contribution >= 0.6 is 0 Å². The topological polar surface area (TPSA) is 3.24 Å². The van der Waals surface area contributed by atoms with Gasteiger partial charge in [0.1, 0.15) is 0 Å². The summed E-state index contributed by atoms with van der Waals surface area (Å²) in [6.07, 6.45) is 0. The summed E-state index contributed by atoms with van der Waals surface area (Å²) < 4.78 is 0. The maximum Gasteiger partial charge on any atom is 0.0488 e. The Labute approximate surface area is 248 Å². The predicted molar refractivity (Wildman–Crippen MR) is 180 cm³/mol. The summed E-state index contributed by atoms with van der Waals surface area (Å²) in [4.78, 5) is 2.34. The highest BCUT2D eigenvalue weighted by molar-refractivity contribution is 6.01. The number of rotatable bonds is 6. The van der Waals surface area contributed by atoms with Crippen LogP contribution in [0, 0.1) is 0 Å². The summed E-state index contributed by atoms with van der Waals surface area (Å²) in [5.41, 5.74) is 12.1. The number of hydrogen-bond acceptors (Lipinski definition) is 1. The zero-order valence-corrected chi connectivity index (χ0v) is 23.6. The third-order valence-corrected chi connectivity index (χ3v) is 8.11. The normalized spacial score (nSPS) is 11.0. The minimum atomic E-state index is 1.17. The van der Waals surface area contributed by atoms with Crippen molar-refractivity contribution in [3.05, 3.63) is 170 Å². The first kappa shape index (κ1) is 25.6. The second-order valence-electron chi connectivity index (χ2n) is 10.6. The van der Waals surface area contributed by atoms with Crippen LogP contribution in [-0.2, 0) is 0 Å². The van der Waals surface area contributed by atoms with Gasteiger partial charge in [-0.2, -0.15) is 0 Å². The van der Waals surface area contributed by atoms with Gasteiger partial charge in [-0.25, -0.2) is 0 Å². The summed E-state index contributed by atoms with van der Waals surface area (Å²) in [6, 6.07) is 60.9. The SMILES string of the molecule is CN(c1ccccc1-c1ccccc1)c1ccc(-c2ccc(-c3ccccc3)cc2)cc1-c1cccc2ccccc12. The third kappa shape index (κ3) is 4.87. The Morgan fingerprint density at radius 1 is 0.333 bits per heavy atom. The van der Waals surface area contributed by atoms with Crippen molar-refractivity contribution >= 4 is 22.1 Å². The molecule has 0 aliphatic carbocycles. The van der Waals surface area contributed by atoms with Crippen molar-refractivity contribution < 1.29 is 0 Å². The minimum Gasteiger partial charge on any atom is -0.344 e. The molecule has 0 fully saturated rings. The van der Waals surface area contributed by atoms with E-state index in [2.05, 4.69) is 182 Å². The fourth-order valence-corrected chi connectivity index (χ4v) is 5.93. The molecule has 1 nitrogen and oxygen atoms in total. The van der Waals surface area contributed by atoms with Crippen molar-refractivity contribution in [2.45, 2.75) is 0 Å². The Hall–Kier alpha value is -5.40. The van der Waals surface area contributed by atoms with E-state index in [4.69, 9.17) is 0 Å². The lowest BCUT2D eigenvalue weighted by Gasteiger charge is -2.26. The van der Waals surface area contributed by atoms with E-state index in [0.29, 0.717) is 0 Å². The molecule has 0 spiro atoms. The molecule has 0 bridgehead atoms. The highest BCUT2D eigenvalue weighted by Crippen LogP contribution is 2.42. The lowest BCUT2D eigenvalue weighted by Crippen LogP contribution is -2.12. The van der Waals surface area contributed by atoms with E-state index in [-0.39, 0.29) is 0 Å². The standard InChI is InChI=1S/C41H31N/c1-42(40-22-11-10-20-37(40)34-15-6-3-7-16-34)41-28-27-35(32-25-23-31(24-26-32)30-13-4-2-5-14-30)29-39(41)38-21-12-18-33-17-8-9-19-36(33)38/h2-29H,1H3. The van der Waals surface area contributed by atoms with Gasteiger partial charge < -0.3 is 4.90 Å². The molecule has 0 amide bonds. The van der Waals surface area contributed by atoms with E-state index >= 15 is 0 Å². The molecule has 0 saturated heterocycles. The first-order valence-corrected chi connectivity index (χ1v) is 14.4. The summed E-state index contributed by atoms with van der Waals surface area (Å²) in [5, 5.41) is 2.49. The molecule has 42 heavy (non-hydrogen) atoms. The predicted octanol–water partition coefficient (Wildman–Crippen LogP) is 11.3. The highest BCUT2D eigenvalue weighted by Gasteiger charge is 2.17. The summed E-state index contributed by atoms with van der Waals surface area (Å²) >= 11 is 0. The summed E-state index contributed by atoms with van der Waals surface area (Å²) in [5.74, 6) is 0.